The van der Waals surface area contributed by atoms with Crippen molar-refractivity contribution in [2.45, 2.75) is 6.54 Å². The Balaban J connectivity index is 1.82. The minimum absolute atomic E-state index is 0.0646. The lowest BCUT2D eigenvalue weighted by Gasteiger charge is -2.08. The topological polar surface area (TPSA) is 107 Å². The zero-order valence-electron chi connectivity index (χ0n) is 13.5. The predicted molar refractivity (Wildman–Crippen MR) is 95.7 cm³/mol. The SMILES string of the molecule is O=C(Cn1nc(-c2ccccc2)ccc1=O)Nc1ccccc1[N+](=O)[O-]. The molecule has 3 aromatic rings. The van der Waals surface area contributed by atoms with E-state index in [0.717, 1.165) is 10.2 Å². The number of anilines is 1. The maximum Gasteiger partial charge on any atom is 0.292 e. The van der Waals surface area contributed by atoms with Gasteiger partial charge in [-0.2, -0.15) is 5.10 Å². The van der Waals surface area contributed by atoms with E-state index in [9.17, 15) is 19.7 Å². The van der Waals surface area contributed by atoms with E-state index in [4.69, 9.17) is 0 Å². The third-order valence-corrected chi connectivity index (χ3v) is 3.60. The Kier molecular flexibility index (Phi) is 4.84. The minimum atomic E-state index is -0.587. The van der Waals surface area contributed by atoms with Crippen molar-refractivity contribution >= 4 is 17.3 Å². The Morgan fingerprint density at radius 3 is 2.46 bits per heavy atom. The molecule has 1 aromatic heterocycles. The third-order valence-electron chi connectivity index (χ3n) is 3.60. The Labute approximate surface area is 147 Å². The molecule has 0 bridgehead atoms. The molecule has 8 heteroatoms. The fourth-order valence-electron chi connectivity index (χ4n) is 2.39. The summed E-state index contributed by atoms with van der Waals surface area (Å²) in [7, 11) is 0. The molecular weight excluding hydrogens is 336 g/mol. The van der Waals surface area contributed by atoms with E-state index in [2.05, 4.69) is 10.4 Å². The van der Waals surface area contributed by atoms with E-state index < -0.39 is 16.4 Å². The Morgan fingerprint density at radius 2 is 1.73 bits per heavy atom. The van der Waals surface area contributed by atoms with Crippen molar-refractivity contribution in [3.63, 3.8) is 0 Å². The molecule has 2 aromatic carbocycles. The van der Waals surface area contributed by atoms with E-state index in [1.54, 1.807) is 12.1 Å². The maximum atomic E-state index is 12.2. The van der Waals surface area contributed by atoms with Crippen LogP contribution in [0.15, 0.2) is 71.5 Å². The van der Waals surface area contributed by atoms with Crippen LogP contribution in [0.4, 0.5) is 11.4 Å². The number of amides is 1. The fraction of sp³-hybridized carbons (Fsp3) is 0.0556. The molecule has 0 atom stereocenters. The molecule has 130 valence electrons. The molecule has 0 unspecified atom stereocenters. The summed E-state index contributed by atoms with van der Waals surface area (Å²) in [6.07, 6.45) is 0. The van der Waals surface area contributed by atoms with Gasteiger partial charge in [-0.05, 0) is 12.1 Å². The molecule has 0 spiro atoms. The highest BCUT2D eigenvalue weighted by Crippen LogP contribution is 2.23. The Morgan fingerprint density at radius 1 is 1.04 bits per heavy atom. The van der Waals surface area contributed by atoms with E-state index >= 15 is 0 Å². The van der Waals surface area contributed by atoms with Crippen LogP contribution in [0.5, 0.6) is 0 Å². The highest BCUT2D eigenvalue weighted by atomic mass is 16.6. The first-order valence-corrected chi connectivity index (χ1v) is 7.71. The monoisotopic (exact) mass is 350 g/mol. The van der Waals surface area contributed by atoms with E-state index in [1.807, 2.05) is 30.3 Å². The second-order valence-corrected chi connectivity index (χ2v) is 5.40. The number of nitro benzene ring substituents is 1. The lowest BCUT2D eigenvalue weighted by atomic mass is 10.1. The second kappa shape index (κ2) is 7.39. The fourth-order valence-corrected chi connectivity index (χ4v) is 2.39. The normalized spacial score (nSPS) is 10.3. The van der Waals surface area contributed by atoms with Crippen LogP contribution in [0.3, 0.4) is 0 Å². The lowest BCUT2D eigenvalue weighted by molar-refractivity contribution is -0.383. The van der Waals surface area contributed by atoms with Gasteiger partial charge in [0, 0.05) is 17.7 Å². The van der Waals surface area contributed by atoms with Gasteiger partial charge in [0.05, 0.1) is 10.6 Å². The molecule has 1 amide bonds. The van der Waals surface area contributed by atoms with Crippen molar-refractivity contribution in [2.75, 3.05) is 5.32 Å². The molecule has 0 radical (unpaired) electrons. The van der Waals surface area contributed by atoms with Crippen molar-refractivity contribution in [3.05, 3.63) is 87.2 Å². The van der Waals surface area contributed by atoms with Gasteiger partial charge < -0.3 is 5.32 Å². The average molecular weight is 350 g/mol. The van der Waals surface area contributed by atoms with Crippen molar-refractivity contribution in [1.29, 1.82) is 0 Å². The molecule has 8 nitrogen and oxygen atoms in total. The number of para-hydroxylation sites is 2. The van der Waals surface area contributed by atoms with Crippen molar-refractivity contribution in [2.24, 2.45) is 0 Å². The highest BCUT2D eigenvalue weighted by molar-refractivity contribution is 5.92. The molecule has 0 saturated heterocycles. The van der Waals surface area contributed by atoms with Crippen LogP contribution in [-0.2, 0) is 11.3 Å². The van der Waals surface area contributed by atoms with Crippen LogP contribution < -0.4 is 10.9 Å². The van der Waals surface area contributed by atoms with Gasteiger partial charge in [-0.25, -0.2) is 4.68 Å². The van der Waals surface area contributed by atoms with E-state index in [0.29, 0.717) is 5.69 Å². The summed E-state index contributed by atoms with van der Waals surface area (Å²) >= 11 is 0. The second-order valence-electron chi connectivity index (χ2n) is 5.40. The van der Waals surface area contributed by atoms with Gasteiger partial charge >= 0.3 is 0 Å². The van der Waals surface area contributed by atoms with Gasteiger partial charge in [0.25, 0.3) is 11.2 Å². The van der Waals surface area contributed by atoms with Crippen molar-refractivity contribution in [1.82, 2.24) is 9.78 Å². The van der Waals surface area contributed by atoms with Gasteiger partial charge in [0.1, 0.15) is 12.2 Å². The number of carbonyl (C=O) groups is 1. The highest BCUT2D eigenvalue weighted by Gasteiger charge is 2.15. The molecule has 0 fully saturated rings. The summed E-state index contributed by atoms with van der Waals surface area (Å²) in [5.41, 5.74) is 0.750. The zero-order chi connectivity index (χ0) is 18.5. The Bertz CT molecular complexity index is 1010. The van der Waals surface area contributed by atoms with Gasteiger partial charge in [0.15, 0.2) is 0 Å². The molecular formula is C18H14N4O4. The number of benzene rings is 2. The van der Waals surface area contributed by atoms with Crippen LogP contribution in [0.2, 0.25) is 0 Å². The minimum Gasteiger partial charge on any atom is -0.319 e. The van der Waals surface area contributed by atoms with Crippen molar-refractivity contribution in [3.8, 4) is 11.3 Å². The van der Waals surface area contributed by atoms with Crippen LogP contribution in [0, 0.1) is 10.1 Å². The molecule has 0 aliphatic rings. The number of nitro groups is 1. The molecule has 1 N–H and O–H groups in total. The summed E-state index contributed by atoms with van der Waals surface area (Å²) in [6, 6.07) is 17.9. The molecule has 0 saturated carbocycles. The van der Waals surface area contributed by atoms with E-state index in [-0.39, 0.29) is 17.9 Å². The molecule has 0 aliphatic heterocycles. The van der Waals surface area contributed by atoms with Gasteiger partial charge in [-0.15, -0.1) is 0 Å². The summed E-state index contributed by atoms with van der Waals surface area (Å²) in [6.45, 7) is -0.356. The first kappa shape index (κ1) is 17.0. The average Bonchev–Trinajstić information content (AvgIpc) is 2.64. The first-order valence-electron chi connectivity index (χ1n) is 7.71. The number of rotatable bonds is 5. The summed E-state index contributed by atoms with van der Waals surface area (Å²) in [5, 5.41) is 17.6. The van der Waals surface area contributed by atoms with Gasteiger partial charge in [-0.3, -0.25) is 19.7 Å². The van der Waals surface area contributed by atoms with Gasteiger partial charge in [0.2, 0.25) is 5.91 Å². The zero-order valence-corrected chi connectivity index (χ0v) is 13.5. The molecule has 26 heavy (non-hydrogen) atoms. The molecule has 3 rings (SSSR count). The number of hydrogen-bond acceptors (Lipinski definition) is 5. The maximum absolute atomic E-state index is 12.2. The number of carbonyl (C=O) groups excluding carboxylic acids is 1. The smallest absolute Gasteiger partial charge is 0.292 e. The number of nitrogens with zero attached hydrogens (tertiary/aromatic N) is 3. The number of nitrogens with one attached hydrogen (secondary N) is 1. The third kappa shape index (κ3) is 3.81. The van der Waals surface area contributed by atoms with Crippen LogP contribution >= 0.6 is 0 Å². The quantitative estimate of drug-likeness (QED) is 0.562. The molecule has 0 aliphatic carbocycles. The molecule has 1 heterocycles. The predicted octanol–water partition coefficient (Wildman–Crippen LogP) is 2.46. The lowest BCUT2D eigenvalue weighted by Crippen LogP contribution is -2.29. The number of aromatic nitrogens is 2. The van der Waals surface area contributed by atoms with E-state index in [1.165, 1.54) is 24.3 Å². The van der Waals surface area contributed by atoms with Crippen LogP contribution in [-0.4, -0.2) is 20.6 Å². The van der Waals surface area contributed by atoms with Gasteiger partial charge in [-0.1, -0.05) is 42.5 Å². The van der Waals surface area contributed by atoms with Crippen LogP contribution in [0.1, 0.15) is 0 Å². The number of hydrogen-bond donors (Lipinski definition) is 1. The standard InChI is InChI=1S/C18H14N4O4/c23-17(19-15-8-4-5-9-16(15)22(25)26)12-21-18(24)11-10-14(20-21)13-6-2-1-3-7-13/h1-11H,12H2,(H,19,23). The first-order chi connectivity index (χ1) is 12.5. The van der Waals surface area contributed by atoms with Crippen molar-refractivity contribution < 1.29 is 9.72 Å². The summed E-state index contributed by atoms with van der Waals surface area (Å²) < 4.78 is 1.02. The van der Waals surface area contributed by atoms with Crippen LogP contribution in [0.25, 0.3) is 11.3 Å². The summed E-state index contributed by atoms with van der Waals surface area (Å²) in [5.74, 6) is -0.584. The largest absolute Gasteiger partial charge is 0.319 e. The summed E-state index contributed by atoms with van der Waals surface area (Å²) in [4.78, 5) is 34.6. The Hall–Kier alpha value is -3.81.